The van der Waals surface area contributed by atoms with E-state index in [9.17, 15) is 0 Å². The zero-order valence-corrected chi connectivity index (χ0v) is 10.6. The van der Waals surface area contributed by atoms with Crippen LogP contribution < -0.4 is 11.1 Å². The fourth-order valence-electron chi connectivity index (χ4n) is 1.53. The SMILES string of the molecule is COCCNCCC=C(C)c1cnccc1N. The summed E-state index contributed by atoms with van der Waals surface area (Å²) in [7, 11) is 1.71. The van der Waals surface area contributed by atoms with E-state index in [1.165, 1.54) is 5.57 Å². The number of anilines is 1. The third kappa shape index (κ3) is 4.97. The second-order valence-corrected chi connectivity index (χ2v) is 3.88. The van der Waals surface area contributed by atoms with E-state index >= 15 is 0 Å². The smallest absolute Gasteiger partial charge is 0.0587 e. The maximum absolute atomic E-state index is 5.88. The normalized spacial score (nSPS) is 11.8. The summed E-state index contributed by atoms with van der Waals surface area (Å²) >= 11 is 0. The molecular formula is C13H21N3O. The summed E-state index contributed by atoms with van der Waals surface area (Å²) < 4.78 is 4.95. The van der Waals surface area contributed by atoms with Crippen LogP contribution in [0.15, 0.2) is 24.5 Å². The Morgan fingerprint density at radius 3 is 3.06 bits per heavy atom. The Morgan fingerprint density at radius 1 is 1.53 bits per heavy atom. The van der Waals surface area contributed by atoms with Crippen LogP contribution in [0.5, 0.6) is 0 Å². The quantitative estimate of drug-likeness (QED) is 0.706. The minimum atomic E-state index is 0.748. The van der Waals surface area contributed by atoms with Gasteiger partial charge in [-0.15, -0.1) is 0 Å². The van der Waals surface area contributed by atoms with Crippen LogP contribution in [0.1, 0.15) is 18.9 Å². The van der Waals surface area contributed by atoms with Gasteiger partial charge in [0.2, 0.25) is 0 Å². The molecule has 0 saturated heterocycles. The summed E-state index contributed by atoms with van der Waals surface area (Å²) in [5.74, 6) is 0. The number of nitrogens with two attached hydrogens (primary N) is 1. The minimum absolute atomic E-state index is 0.748. The molecule has 0 spiro atoms. The topological polar surface area (TPSA) is 60.2 Å². The molecule has 1 aromatic heterocycles. The summed E-state index contributed by atoms with van der Waals surface area (Å²) in [6, 6.07) is 1.82. The summed E-state index contributed by atoms with van der Waals surface area (Å²) in [6.45, 7) is 4.64. The van der Waals surface area contributed by atoms with Crippen LogP contribution in [-0.2, 0) is 4.74 Å². The molecule has 0 aliphatic heterocycles. The van der Waals surface area contributed by atoms with Crippen molar-refractivity contribution in [2.75, 3.05) is 32.5 Å². The number of nitrogens with one attached hydrogen (secondary N) is 1. The highest BCUT2D eigenvalue weighted by molar-refractivity contribution is 5.72. The lowest BCUT2D eigenvalue weighted by Gasteiger charge is -2.05. The highest BCUT2D eigenvalue weighted by Crippen LogP contribution is 2.19. The maximum Gasteiger partial charge on any atom is 0.0587 e. The molecule has 1 aromatic rings. The predicted octanol–water partition coefficient (Wildman–Crippen LogP) is 1.69. The number of rotatable bonds is 7. The molecule has 0 unspecified atom stereocenters. The van der Waals surface area contributed by atoms with Crippen LogP contribution >= 0.6 is 0 Å². The van der Waals surface area contributed by atoms with E-state index in [0.29, 0.717) is 0 Å². The molecule has 0 aliphatic rings. The van der Waals surface area contributed by atoms with Crippen molar-refractivity contribution in [1.29, 1.82) is 0 Å². The molecular weight excluding hydrogens is 214 g/mol. The van der Waals surface area contributed by atoms with Crippen LogP contribution in [0, 0.1) is 0 Å². The highest BCUT2D eigenvalue weighted by Gasteiger charge is 1.99. The Labute approximate surface area is 103 Å². The molecule has 0 bridgehead atoms. The lowest BCUT2D eigenvalue weighted by molar-refractivity contribution is 0.199. The number of hydrogen-bond donors (Lipinski definition) is 2. The third-order valence-electron chi connectivity index (χ3n) is 2.53. The molecule has 1 heterocycles. The van der Waals surface area contributed by atoms with E-state index in [-0.39, 0.29) is 0 Å². The average Bonchev–Trinajstić information content (AvgIpc) is 2.34. The number of nitrogen functional groups attached to an aromatic ring is 1. The minimum Gasteiger partial charge on any atom is -0.398 e. The van der Waals surface area contributed by atoms with Gasteiger partial charge < -0.3 is 15.8 Å². The number of pyridine rings is 1. The van der Waals surface area contributed by atoms with Gasteiger partial charge in [0, 0.05) is 37.3 Å². The molecule has 3 N–H and O–H groups in total. The van der Waals surface area contributed by atoms with Gasteiger partial charge in [0.05, 0.1) is 6.61 Å². The molecule has 1 rings (SSSR count). The summed E-state index contributed by atoms with van der Waals surface area (Å²) in [5.41, 5.74) is 8.85. The molecule has 4 heteroatoms. The maximum atomic E-state index is 5.88. The highest BCUT2D eigenvalue weighted by atomic mass is 16.5. The number of nitrogens with zero attached hydrogens (tertiary/aromatic N) is 1. The van der Waals surface area contributed by atoms with E-state index in [2.05, 4.69) is 23.3 Å². The van der Waals surface area contributed by atoms with Crippen LogP contribution in [0.3, 0.4) is 0 Å². The van der Waals surface area contributed by atoms with Gasteiger partial charge in [0.1, 0.15) is 0 Å². The molecule has 0 atom stereocenters. The van der Waals surface area contributed by atoms with Gasteiger partial charge in [0.15, 0.2) is 0 Å². The molecule has 0 aromatic carbocycles. The van der Waals surface area contributed by atoms with Crippen molar-refractivity contribution >= 4 is 11.3 Å². The van der Waals surface area contributed by atoms with E-state index in [1.54, 1.807) is 19.5 Å². The van der Waals surface area contributed by atoms with E-state index in [4.69, 9.17) is 10.5 Å². The number of aromatic nitrogens is 1. The Balaban J connectivity index is 2.37. The lowest BCUT2D eigenvalue weighted by atomic mass is 10.1. The average molecular weight is 235 g/mol. The molecule has 17 heavy (non-hydrogen) atoms. The molecule has 0 radical (unpaired) electrons. The van der Waals surface area contributed by atoms with Gasteiger partial charge >= 0.3 is 0 Å². The van der Waals surface area contributed by atoms with Crippen LogP contribution in [0.25, 0.3) is 5.57 Å². The van der Waals surface area contributed by atoms with Crippen molar-refractivity contribution in [2.45, 2.75) is 13.3 Å². The first kappa shape index (κ1) is 13.7. The molecule has 4 nitrogen and oxygen atoms in total. The number of hydrogen-bond acceptors (Lipinski definition) is 4. The van der Waals surface area contributed by atoms with Crippen molar-refractivity contribution in [3.05, 3.63) is 30.1 Å². The van der Waals surface area contributed by atoms with Crippen molar-refractivity contribution in [3.63, 3.8) is 0 Å². The van der Waals surface area contributed by atoms with E-state index in [1.807, 2.05) is 6.07 Å². The first-order valence-electron chi connectivity index (χ1n) is 5.82. The van der Waals surface area contributed by atoms with Gasteiger partial charge in [-0.05, 0) is 31.5 Å². The molecule has 0 amide bonds. The van der Waals surface area contributed by atoms with Crippen molar-refractivity contribution in [2.24, 2.45) is 0 Å². The summed E-state index contributed by atoms with van der Waals surface area (Å²) in [4.78, 5) is 4.08. The Bertz CT molecular complexity index is 363. The fourth-order valence-corrected chi connectivity index (χ4v) is 1.53. The van der Waals surface area contributed by atoms with E-state index < -0.39 is 0 Å². The molecule has 0 fully saturated rings. The Hall–Kier alpha value is -1.39. The monoisotopic (exact) mass is 235 g/mol. The standard InChI is InChI=1S/C13H21N3O/c1-11(4-3-6-15-8-9-17-2)12-10-16-7-5-13(12)14/h4-5,7,10,15H,3,6,8-9H2,1-2H3,(H2,14,16). The fraction of sp³-hybridized carbons (Fsp3) is 0.462. The largest absolute Gasteiger partial charge is 0.398 e. The number of methoxy groups -OCH3 is 1. The van der Waals surface area contributed by atoms with Crippen LogP contribution in [0.2, 0.25) is 0 Å². The van der Waals surface area contributed by atoms with Crippen LogP contribution in [0.4, 0.5) is 5.69 Å². The number of ether oxygens (including phenoxy) is 1. The molecule has 94 valence electrons. The first-order chi connectivity index (χ1) is 8.25. The zero-order chi connectivity index (χ0) is 12.5. The van der Waals surface area contributed by atoms with E-state index in [0.717, 1.165) is 37.4 Å². The third-order valence-corrected chi connectivity index (χ3v) is 2.53. The van der Waals surface area contributed by atoms with Gasteiger partial charge in [-0.25, -0.2) is 0 Å². The second-order valence-electron chi connectivity index (χ2n) is 3.88. The van der Waals surface area contributed by atoms with Crippen molar-refractivity contribution in [1.82, 2.24) is 10.3 Å². The number of allylic oxidation sites excluding steroid dienone is 1. The first-order valence-corrected chi connectivity index (χ1v) is 5.82. The van der Waals surface area contributed by atoms with Crippen molar-refractivity contribution < 1.29 is 4.74 Å². The van der Waals surface area contributed by atoms with Crippen molar-refractivity contribution in [3.8, 4) is 0 Å². The summed E-state index contributed by atoms with van der Waals surface area (Å²) in [5, 5.41) is 3.29. The Morgan fingerprint density at radius 2 is 2.35 bits per heavy atom. The predicted molar refractivity (Wildman–Crippen MR) is 71.7 cm³/mol. The Kier molecular flexibility index (Phi) is 6.29. The van der Waals surface area contributed by atoms with Gasteiger partial charge in [-0.1, -0.05) is 6.08 Å². The zero-order valence-electron chi connectivity index (χ0n) is 10.6. The lowest BCUT2D eigenvalue weighted by Crippen LogP contribution is -2.19. The molecule has 0 aliphatic carbocycles. The van der Waals surface area contributed by atoms with Gasteiger partial charge in [-0.2, -0.15) is 0 Å². The summed E-state index contributed by atoms with van der Waals surface area (Å²) in [6.07, 6.45) is 6.66. The van der Waals surface area contributed by atoms with Gasteiger partial charge in [0.25, 0.3) is 0 Å². The molecule has 0 saturated carbocycles. The van der Waals surface area contributed by atoms with Gasteiger partial charge in [-0.3, -0.25) is 4.98 Å². The second kappa shape index (κ2) is 7.81. The van der Waals surface area contributed by atoms with Crippen LogP contribution in [-0.4, -0.2) is 31.8 Å².